The van der Waals surface area contributed by atoms with Crippen LogP contribution in [-0.2, 0) is 15.9 Å². The second-order valence-electron chi connectivity index (χ2n) is 6.98. The maximum Gasteiger partial charge on any atom is 0.407 e. The summed E-state index contributed by atoms with van der Waals surface area (Å²) < 4.78 is 12.8. The Morgan fingerprint density at radius 2 is 1.67 bits per heavy atom. The van der Waals surface area contributed by atoms with Crippen molar-refractivity contribution in [3.8, 4) is 0 Å². The maximum atomic E-state index is 6.38. The first-order valence-electron chi connectivity index (χ1n) is 8.44. The van der Waals surface area contributed by atoms with E-state index in [0.717, 1.165) is 12.0 Å². The van der Waals surface area contributed by atoms with Crippen molar-refractivity contribution in [3.05, 3.63) is 71.3 Å². The Labute approximate surface area is 142 Å². The molecule has 0 saturated carbocycles. The SMILES string of the molecule is CN(C)Cc1[cH-]ccc1B1O[C@@H]2c3cccc4cccc(c34)[C@@H]2O1. The molecular weight excluding hydrogens is 297 g/mol. The van der Waals surface area contributed by atoms with Gasteiger partial charge < -0.3 is 14.2 Å². The molecule has 3 aromatic carbocycles. The Morgan fingerprint density at radius 3 is 2.29 bits per heavy atom. The van der Waals surface area contributed by atoms with E-state index in [1.165, 1.54) is 27.5 Å². The maximum absolute atomic E-state index is 6.38. The van der Waals surface area contributed by atoms with Gasteiger partial charge in [0.1, 0.15) is 0 Å². The molecule has 1 aliphatic carbocycles. The molecule has 2 atom stereocenters. The molecule has 0 N–H and O–H groups in total. The number of benzene rings is 2. The van der Waals surface area contributed by atoms with Gasteiger partial charge in [-0.3, -0.25) is 0 Å². The van der Waals surface area contributed by atoms with Crippen LogP contribution < -0.4 is 5.46 Å². The zero-order valence-electron chi connectivity index (χ0n) is 13.9. The van der Waals surface area contributed by atoms with Gasteiger partial charge in [-0.15, -0.1) is 0 Å². The molecule has 120 valence electrons. The van der Waals surface area contributed by atoms with E-state index in [0.29, 0.717) is 0 Å². The number of rotatable bonds is 3. The minimum Gasteiger partial charge on any atom is -0.408 e. The molecule has 3 aromatic rings. The van der Waals surface area contributed by atoms with Crippen LogP contribution in [0.15, 0.2) is 54.6 Å². The molecule has 0 radical (unpaired) electrons. The zero-order valence-corrected chi connectivity index (χ0v) is 13.9. The van der Waals surface area contributed by atoms with Gasteiger partial charge in [-0.1, -0.05) is 36.4 Å². The highest BCUT2D eigenvalue weighted by atomic mass is 16.7. The van der Waals surface area contributed by atoms with Crippen LogP contribution in [0, 0.1) is 0 Å². The Morgan fingerprint density at radius 1 is 1.00 bits per heavy atom. The monoisotopic (exact) mass is 316 g/mol. The summed E-state index contributed by atoms with van der Waals surface area (Å²) >= 11 is 0. The smallest absolute Gasteiger partial charge is 0.407 e. The first kappa shape index (κ1) is 14.3. The number of hydrogen-bond acceptors (Lipinski definition) is 3. The first-order chi connectivity index (χ1) is 11.7. The van der Waals surface area contributed by atoms with Gasteiger partial charge in [0.15, 0.2) is 0 Å². The summed E-state index contributed by atoms with van der Waals surface area (Å²) in [6.45, 7) is 0.896. The van der Waals surface area contributed by atoms with E-state index in [2.05, 4.69) is 73.6 Å². The molecule has 24 heavy (non-hydrogen) atoms. The highest BCUT2D eigenvalue weighted by molar-refractivity contribution is 6.62. The molecule has 0 unspecified atom stereocenters. The third kappa shape index (κ3) is 2.00. The van der Waals surface area contributed by atoms with Crippen LogP contribution in [0.5, 0.6) is 0 Å². The van der Waals surface area contributed by atoms with Gasteiger partial charge in [0.2, 0.25) is 0 Å². The van der Waals surface area contributed by atoms with E-state index in [1.54, 1.807) is 0 Å². The van der Waals surface area contributed by atoms with Crippen LogP contribution in [-0.4, -0.2) is 26.1 Å². The van der Waals surface area contributed by atoms with Crippen LogP contribution in [0.4, 0.5) is 0 Å². The molecule has 1 saturated heterocycles. The van der Waals surface area contributed by atoms with Crippen molar-refractivity contribution < 1.29 is 9.31 Å². The van der Waals surface area contributed by atoms with Gasteiger partial charge in [0.25, 0.3) is 0 Å². The fourth-order valence-electron chi connectivity index (χ4n) is 4.12. The summed E-state index contributed by atoms with van der Waals surface area (Å²) in [5, 5.41) is 2.58. The molecule has 0 amide bonds. The fourth-order valence-corrected chi connectivity index (χ4v) is 4.12. The summed E-state index contributed by atoms with van der Waals surface area (Å²) in [4.78, 5) is 2.17. The Balaban J connectivity index is 1.52. The van der Waals surface area contributed by atoms with Crippen LogP contribution in [0.25, 0.3) is 10.8 Å². The molecular formula is C20H19BNO2-. The lowest BCUT2D eigenvalue weighted by Crippen LogP contribution is -2.34. The highest BCUT2D eigenvalue weighted by Crippen LogP contribution is 2.51. The summed E-state index contributed by atoms with van der Waals surface area (Å²) in [7, 11) is 3.88. The van der Waals surface area contributed by atoms with Crippen molar-refractivity contribution in [2.24, 2.45) is 0 Å². The molecule has 1 aliphatic heterocycles. The second-order valence-corrected chi connectivity index (χ2v) is 6.98. The summed E-state index contributed by atoms with van der Waals surface area (Å²) in [5.41, 5.74) is 4.95. The number of nitrogens with zero attached hydrogens (tertiary/aromatic N) is 1. The predicted octanol–water partition coefficient (Wildman–Crippen LogP) is 3.16. The lowest BCUT2D eigenvalue weighted by molar-refractivity contribution is 0.170. The third-order valence-electron chi connectivity index (χ3n) is 5.08. The molecule has 0 aromatic heterocycles. The van der Waals surface area contributed by atoms with Crippen molar-refractivity contribution in [3.63, 3.8) is 0 Å². The van der Waals surface area contributed by atoms with Crippen LogP contribution in [0.2, 0.25) is 0 Å². The molecule has 1 heterocycles. The van der Waals surface area contributed by atoms with E-state index >= 15 is 0 Å². The Kier molecular flexibility index (Phi) is 3.14. The normalized spacial score (nSPS) is 21.9. The van der Waals surface area contributed by atoms with Crippen molar-refractivity contribution >= 4 is 23.4 Å². The lowest BCUT2D eigenvalue weighted by Gasteiger charge is -2.19. The number of hydrogen-bond donors (Lipinski definition) is 0. The van der Waals surface area contributed by atoms with Crippen LogP contribution >= 0.6 is 0 Å². The Hall–Kier alpha value is -2.01. The molecule has 1 fully saturated rings. The average molecular weight is 316 g/mol. The molecule has 4 heteroatoms. The molecule has 0 spiro atoms. The van der Waals surface area contributed by atoms with Crippen molar-refractivity contribution in [1.29, 1.82) is 0 Å². The molecule has 2 aliphatic rings. The van der Waals surface area contributed by atoms with Gasteiger partial charge in [0.05, 0.1) is 12.2 Å². The third-order valence-corrected chi connectivity index (χ3v) is 5.08. The van der Waals surface area contributed by atoms with Crippen LogP contribution in [0.1, 0.15) is 28.9 Å². The molecule has 0 bridgehead atoms. The van der Waals surface area contributed by atoms with E-state index in [1.807, 2.05) is 0 Å². The van der Waals surface area contributed by atoms with Gasteiger partial charge >= 0.3 is 7.12 Å². The molecule has 3 nitrogen and oxygen atoms in total. The van der Waals surface area contributed by atoms with Gasteiger partial charge in [-0.2, -0.15) is 23.2 Å². The number of fused-ring (bicyclic) bond motifs is 3. The molecule has 5 rings (SSSR count). The second kappa shape index (κ2) is 5.25. The highest BCUT2D eigenvalue weighted by Gasteiger charge is 2.45. The van der Waals surface area contributed by atoms with E-state index in [9.17, 15) is 0 Å². The van der Waals surface area contributed by atoms with Crippen molar-refractivity contribution in [1.82, 2.24) is 4.90 Å². The minimum atomic E-state index is -0.284. The van der Waals surface area contributed by atoms with Gasteiger partial charge in [-0.25, -0.2) is 6.07 Å². The zero-order chi connectivity index (χ0) is 16.3. The van der Waals surface area contributed by atoms with E-state index in [4.69, 9.17) is 9.31 Å². The standard InChI is InChI=1S/C20H19BNO2/c1-22(2)12-14-8-5-11-17(14)21-23-19-15-9-3-6-13-7-4-10-16(18(13)15)20(19)24-21/h3-11,19-20H,12H2,1-2H3/q-1/t19-,20+. The topological polar surface area (TPSA) is 21.7 Å². The van der Waals surface area contributed by atoms with E-state index < -0.39 is 0 Å². The first-order valence-corrected chi connectivity index (χ1v) is 8.44. The fraction of sp³-hybridized carbons (Fsp3) is 0.250. The minimum absolute atomic E-state index is 0.00166. The lowest BCUT2D eigenvalue weighted by atomic mass is 9.78. The summed E-state index contributed by atoms with van der Waals surface area (Å²) in [6.07, 6.45) is -0.00332. The van der Waals surface area contributed by atoms with Gasteiger partial charge in [-0.05, 0) is 42.5 Å². The summed E-state index contributed by atoms with van der Waals surface area (Å²) in [5.74, 6) is 0. The van der Waals surface area contributed by atoms with Crippen molar-refractivity contribution in [2.45, 2.75) is 18.8 Å². The quantitative estimate of drug-likeness (QED) is 0.547. The summed E-state index contributed by atoms with van der Waals surface area (Å²) in [6, 6.07) is 19.3. The van der Waals surface area contributed by atoms with E-state index in [-0.39, 0.29) is 19.3 Å². The average Bonchev–Trinajstić information content (AvgIpc) is 3.24. The van der Waals surface area contributed by atoms with Crippen molar-refractivity contribution in [2.75, 3.05) is 14.1 Å². The van der Waals surface area contributed by atoms with Gasteiger partial charge in [0, 0.05) is 0 Å². The largest absolute Gasteiger partial charge is 0.408 e. The predicted molar refractivity (Wildman–Crippen MR) is 96.4 cm³/mol. The van der Waals surface area contributed by atoms with Crippen LogP contribution in [0.3, 0.4) is 0 Å². The Bertz CT molecular complexity index is 870.